The zero-order chi connectivity index (χ0) is 24.4. The van der Waals surface area contributed by atoms with E-state index in [-0.39, 0.29) is 0 Å². The fourth-order valence-corrected chi connectivity index (χ4v) is 4.42. The quantitative estimate of drug-likeness (QED) is 0.198. The Labute approximate surface area is 217 Å². The molecule has 0 fully saturated rings. The minimum atomic E-state index is 0.809. The van der Waals surface area contributed by atoms with Crippen molar-refractivity contribution in [2.24, 2.45) is 4.30 Å². The molecule has 0 aliphatic carbocycles. The number of fused-ring (bicyclic) bond motifs is 2. The summed E-state index contributed by atoms with van der Waals surface area (Å²) in [6, 6.07) is 19.8. The zero-order valence-electron chi connectivity index (χ0n) is 18.6. The Morgan fingerprint density at radius 2 is 0.909 bits per heavy atom. The van der Waals surface area contributed by atoms with Gasteiger partial charge >= 0.3 is 24.8 Å². The topological polar surface area (TPSA) is 49.3 Å². The molecule has 4 aromatic rings. The van der Waals surface area contributed by atoms with Gasteiger partial charge in [0.1, 0.15) is 23.0 Å². The maximum atomic E-state index is 5.41. The number of ether oxygens (including phenoxy) is 4. The van der Waals surface area contributed by atoms with Crippen LogP contribution >= 0.6 is 44.7 Å². The molecule has 0 saturated carbocycles. The summed E-state index contributed by atoms with van der Waals surface area (Å²) in [5.74, 6) is 3.37. The Morgan fingerprint density at radius 3 is 1.18 bits per heavy atom. The van der Waals surface area contributed by atoms with Crippen molar-refractivity contribution in [3.8, 4) is 23.0 Å². The molecule has 171 valence electrons. The SMILES string of the molecule is COc1c(Br)c(Br)c(OC)c2ccccc12.COc1ccc(OC)c2ccccc12.[B]=NS. The number of nitrogens with zero attached hydrogens (tertiary/aromatic N) is 1. The van der Waals surface area contributed by atoms with Gasteiger partial charge < -0.3 is 18.9 Å². The van der Waals surface area contributed by atoms with Crippen LogP contribution in [0, 0.1) is 0 Å². The predicted octanol–water partition coefficient (Wildman–Crippen LogP) is 7.42. The van der Waals surface area contributed by atoms with E-state index in [1.54, 1.807) is 28.4 Å². The van der Waals surface area contributed by atoms with Crippen molar-refractivity contribution in [1.82, 2.24) is 0 Å². The van der Waals surface area contributed by atoms with Crippen LogP contribution in [0.2, 0.25) is 0 Å². The molecular weight excluding hydrogens is 569 g/mol. The summed E-state index contributed by atoms with van der Waals surface area (Å²) in [6.07, 6.45) is 0. The first-order valence-corrected chi connectivity index (χ1v) is 11.6. The Hall–Kier alpha value is -2.23. The van der Waals surface area contributed by atoms with Gasteiger partial charge in [-0.2, -0.15) is 0 Å². The molecule has 0 aromatic heterocycles. The number of hydrogen-bond acceptors (Lipinski definition) is 6. The number of methoxy groups -OCH3 is 4. The van der Waals surface area contributed by atoms with Crippen LogP contribution in [-0.2, 0) is 0 Å². The minimum absolute atomic E-state index is 0.809. The molecule has 0 atom stereocenters. The molecule has 0 N–H and O–H groups in total. The molecule has 0 amide bonds. The van der Waals surface area contributed by atoms with Gasteiger partial charge in [-0.05, 0) is 44.0 Å². The average Bonchev–Trinajstić information content (AvgIpc) is 2.85. The van der Waals surface area contributed by atoms with Crippen LogP contribution in [0.25, 0.3) is 21.5 Å². The second-order valence-corrected chi connectivity index (χ2v) is 8.19. The zero-order valence-corrected chi connectivity index (χ0v) is 22.7. The molecule has 0 unspecified atom stereocenters. The van der Waals surface area contributed by atoms with Crippen molar-refractivity contribution < 1.29 is 18.9 Å². The third kappa shape index (κ3) is 6.22. The number of thiol groups is 1. The summed E-state index contributed by atoms with van der Waals surface area (Å²) in [5, 5.41) is 4.21. The van der Waals surface area contributed by atoms with Gasteiger partial charge in [0.05, 0.1) is 37.4 Å². The molecule has 33 heavy (non-hydrogen) atoms. The van der Waals surface area contributed by atoms with Crippen molar-refractivity contribution in [3.63, 3.8) is 0 Å². The fourth-order valence-electron chi connectivity index (χ4n) is 3.31. The third-order valence-electron chi connectivity index (χ3n) is 4.70. The van der Waals surface area contributed by atoms with Crippen LogP contribution < -0.4 is 18.9 Å². The van der Waals surface area contributed by atoms with E-state index in [1.807, 2.05) is 60.7 Å². The van der Waals surface area contributed by atoms with E-state index in [1.165, 1.54) is 0 Å². The van der Waals surface area contributed by atoms with Crippen LogP contribution in [0.1, 0.15) is 0 Å². The Balaban J connectivity index is 0.000000210. The van der Waals surface area contributed by atoms with Crippen LogP contribution in [0.5, 0.6) is 23.0 Å². The second-order valence-electron chi connectivity index (χ2n) is 6.37. The maximum absolute atomic E-state index is 5.41. The number of benzene rings is 4. The van der Waals surface area contributed by atoms with E-state index in [9.17, 15) is 0 Å². The predicted molar refractivity (Wildman–Crippen MR) is 147 cm³/mol. The van der Waals surface area contributed by atoms with Gasteiger partial charge in [0, 0.05) is 21.5 Å². The van der Waals surface area contributed by atoms with E-state index < -0.39 is 0 Å². The fraction of sp³-hybridized carbons (Fsp3) is 0.167. The monoisotopic (exact) mass is 590 g/mol. The first-order valence-electron chi connectivity index (χ1n) is 9.60. The standard InChI is InChI=1S/C12H10Br2O2.C12H12O2.BHNS/c1-15-11-7-5-3-4-6-8(7)12(16-2)10(14)9(11)13;1-13-11-7-8-12(14-2)10-6-4-3-5-9(10)11;1-2-3/h3-6H,1-2H3;3-8H,1-2H3;3H. The van der Waals surface area contributed by atoms with E-state index in [4.69, 9.17) is 18.9 Å². The van der Waals surface area contributed by atoms with Crippen molar-refractivity contribution in [2.45, 2.75) is 0 Å². The molecule has 4 aromatic carbocycles. The first-order chi connectivity index (χ1) is 16.0. The molecule has 0 aliphatic rings. The van der Waals surface area contributed by atoms with Crippen LogP contribution in [0.3, 0.4) is 0 Å². The average molecular weight is 592 g/mol. The molecule has 0 saturated heterocycles. The van der Waals surface area contributed by atoms with Gasteiger partial charge in [0.2, 0.25) is 0 Å². The molecule has 5 nitrogen and oxygen atoms in total. The van der Waals surface area contributed by atoms with Crippen LogP contribution in [0.4, 0.5) is 0 Å². The number of rotatable bonds is 4. The van der Waals surface area contributed by atoms with Gasteiger partial charge in [-0.15, -0.1) is 0 Å². The molecular formula is C24H23BBr2NO4S. The van der Waals surface area contributed by atoms with E-state index >= 15 is 0 Å². The van der Waals surface area contributed by atoms with Gasteiger partial charge in [0.15, 0.2) is 0 Å². The van der Waals surface area contributed by atoms with Crippen molar-refractivity contribution >= 4 is 73.9 Å². The second kappa shape index (κ2) is 13.5. The van der Waals surface area contributed by atoms with Gasteiger partial charge in [-0.25, -0.2) is 0 Å². The summed E-state index contributed by atoms with van der Waals surface area (Å²) in [6.45, 7) is 0. The van der Waals surface area contributed by atoms with Gasteiger partial charge in [-0.3, -0.25) is 0 Å². The van der Waals surface area contributed by atoms with Gasteiger partial charge in [-0.1, -0.05) is 48.5 Å². The Bertz CT molecular complexity index is 1150. The van der Waals surface area contributed by atoms with Crippen molar-refractivity contribution in [3.05, 3.63) is 69.6 Å². The number of hydrogen-bond donors (Lipinski definition) is 1. The van der Waals surface area contributed by atoms with Gasteiger partial charge in [0.25, 0.3) is 0 Å². The van der Waals surface area contributed by atoms with Crippen LogP contribution in [0.15, 0.2) is 73.9 Å². The summed E-state index contributed by atoms with van der Waals surface area (Å²) in [4.78, 5) is 0. The molecule has 1 radical (unpaired) electrons. The van der Waals surface area contributed by atoms with E-state index in [0.717, 1.165) is 53.5 Å². The van der Waals surface area contributed by atoms with E-state index in [0.29, 0.717) is 0 Å². The summed E-state index contributed by atoms with van der Waals surface area (Å²) in [7, 11) is 11.0. The summed E-state index contributed by atoms with van der Waals surface area (Å²) in [5.41, 5.74) is 0. The Morgan fingerprint density at radius 1 is 0.606 bits per heavy atom. The Kier molecular flexibility index (Phi) is 11.0. The van der Waals surface area contributed by atoms with E-state index in [2.05, 4.69) is 56.6 Å². The molecule has 0 aliphatic heterocycles. The molecule has 4 rings (SSSR count). The molecule has 0 bridgehead atoms. The van der Waals surface area contributed by atoms with Crippen molar-refractivity contribution in [2.75, 3.05) is 28.4 Å². The first kappa shape index (κ1) is 27.0. The van der Waals surface area contributed by atoms with Crippen LogP contribution in [-0.4, -0.2) is 36.1 Å². The summed E-state index contributed by atoms with van der Waals surface area (Å²) < 4.78 is 25.8. The molecule has 9 heteroatoms. The summed E-state index contributed by atoms with van der Waals surface area (Å²) >= 11 is 10.2. The third-order valence-corrected chi connectivity index (χ3v) is 6.75. The molecule has 0 heterocycles. The number of halogens is 2. The normalized spacial score (nSPS) is 9.76. The molecule has 0 spiro atoms. The van der Waals surface area contributed by atoms with Crippen molar-refractivity contribution in [1.29, 1.82) is 0 Å².